The quantitative estimate of drug-likeness (QED) is 0.330. The molecule has 0 saturated carbocycles. The van der Waals surface area contributed by atoms with Gasteiger partial charge in [-0.05, 0) is 41.5 Å². The van der Waals surface area contributed by atoms with Crippen LogP contribution in [0.2, 0.25) is 0 Å². The highest BCUT2D eigenvalue weighted by atomic mass is 16.6. The number of hydrogen-bond donors (Lipinski definition) is 1. The maximum absolute atomic E-state index is 12.2. The summed E-state index contributed by atoms with van der Waals surface area (Å²) in [6.45, 7) is 2.59. The Labute approximate surface area is 192 Å². The van der Waals surface area contributed by atoms with E-state index in [1.165, 1.54) is 40.2 Å². The average molecular weight is 454 g/mol. The van der Waals surface area contributed by atoms with Crippen LogP contribution in [0, 0.1) is 0 Å². The van der Waals surface area contributed by atoms with Crippen LogP contribution in [-0.4, -0.2) is 43.2 Å². The predicted octanol–water partition coefficient (Wildman–Crippen LogP) is 3.60. The highest BCUT2D eigenvalue weighted by Gasteiger charge is 2.10. The zero-order valence-corrected chi connectivity index (χ0v) is 18.9. The van der Waals surface area contributed by atoms with Crippen LogP contribution < -0.4 is 18.9 Å². The fraction of sp³-hybridized carbons (Fsp3) is 0.240. The van der Waals surface area contributed by atoms with Crippen molar-refractivity contribution in [3.8, 4) is 23.0 Å². The normalized spacial score (nSPS) is 11.9. The van der Waals surface area contributed by atoms with E-state index < -0.39 is 18.0 Å². The first-order valence-corrected chi connectivity index (χ1v) is 10.0. The molecule has 0 amide bonds. The number of esters is 2. The van der Waals surface area contributed by atoms with Crippen molar-refractivity contribution in [2.24, 2.45) is 0 Å². The standard InChI is InChI=1S/C25H26O8/c1-16(26)32-22-11-7-18(13-24(22)30-3)5-9-20(28)15-21(29)10-6-19-8-12-23(33-17(2)27)25(14-19)31-4/h5-14,20,28H,15H2,1-4H3/b9-5+,10-6+. The number of hydrogen-bond acceptors (Lipinski definition) is 8. The smallest absolute Gasteiger partial charge is 0.308 e. The van der Waals surface area contributed by atoms with Gasteiger partial charge >= 0.3 is 11.9 Å². The third-order valence-electron chi connectivity index (χ3n) is 4.27. The van der Waals surface area contributed by atoms with Crippen LogP contribution in [0.1, 0.15) is 31.4 Å². The van der Waals surface area contributed by atoms with Crippen molar-refractivity contribution in [2.45, 2.75) is 26.4 Å². The Morgan fingerprint density at radius 3 is 1.76 bits per heavy atom. The molecule has 0 bridgehead atoms. The summed E-state index contributed by atoms with van der Waals surface area (Å²) >= 11 is 0. The average Bonchev–Trinajstić information content (AvgIpc) is 2.76. The van der Waals surface area contributed by atoms with Crippen LogP contribution in [0.4, 0.5) is 0 Å². The lowest BCUT2D eigenvalue weighted by Crippen LogP contribution is -2.08. The molecular weight excluding hydrogens is 428 g/mol. The fourth-order valence-electron chi connectivity index (χ4n) is 2.81. The lowest BCUT2D eigenvalue weighted by Gasteiger charge is -2.09. The van der Waals surface area contributed by atoms with Crippen molar-refractivity contribution < 1.29 is 38.4 Å². The molecule has 0 saturated heterocycles. The topological polar surface area (TPSA) is 108 Å². The molecule has 0 aliphatic carbocycles. The highest BCUT2D eigenvalue weighted by Crippen LogP contribution is 2.29. The van der Waals surface area contributed by atoms with E-state index in [0.717, 1.165) is 0 Å². The summed E-state index contributed by atoms with van der Waals surface area (Å²) in [7, 11) is 2.90. The van der Waals surface area contributed by atoms with Crippen molar-refractivity contribution in [1.82, 2.24) is 0 Å². The fourth-order valence-corrected chi connectivity index (χ4v) is 2.81. The third kappa shape index (κ3) is 8.27. The number of methoxy groups -OCH3 is 2. The minimum Gasteiger partial charge on any atom is -0.493 e. The van der Waals surface area contributed by atoms with Crippen LogP contribution in [0.25, 0.3) is 12.2 Å². The molecule has 33 heavy (non-hydrogen) atoms. The van der Waals surface area contributed by atoms with Gasteiger partial charge in [0.25, 0.3) is 0 Å². The summed E-state index contributed by atoms with van der Waals surface area (Å²) in [6, 6.07) is 9.80. The summed E-state index contributed by atoms with van der Waals surface area (Å²) in [5.74, 6) is 0.101. The molecule has 0 aromatic heterocycles. The Hall–Kier alpha value is -3.91. The summed E-state index contributed by atoms with van der Waals surface area (Å²) in [6.07, 6.45) is 4.95. The molecule has 8 heteroatoms. The minimum absolute atomic E-state index is 0.113. The predicted molar refractivity (Wildman–Crippen MR) is 122 cm³/mol. The van der Waals surface area contributed by atoms with E-state index in [9.17, 15) is 19.5 Å². The van der Waals surface area contributed by atoms with Crippen molar-refractivity contribution in [3.63, 3.8) is 0 Å². The second-order valence-electron chi connectivity index (χ2n) is 6.94. The van der Waals surface area contributed by atoms with Gasteiger partial charge in [0.05, 0.1) is 20.3 Å². The monoisotopic (exact) mass is 454 g/mol. The Bertz CT molecular complexity index is 1070. The Morgan fingerprint density at radius 1 is 0.818 bits per heavy atom. The van der Waals surface area contributed by atoms with Gasteiger partial charge in [-0.3, -0.25) is 14.4 Å². The van der Waals surface area contributed by atoms with Crippen LogP contribution in [0.3, 0.4) is 0 Å². The number of benzene rings is 2. The second-order valence-corrected chi connectivity index (χ2v) is 6.94. The molecular formula is C25H26O8. The molecule has 8 nitrogen and oxygen atoms in total. The third-order valence-corrected chi connectivity index (χ3v) is 4.27. The highest BCUT2D eigenvalue weighted by molar-refractivity contribution is 5.94. The summed E-state index contributed by atoms with van der Waals surface area (Å²) in [5.41, 5.74) is 1.37. The molecule has 0 aliphatic rings. The van der Waals surface area contributed by atoms with Gasteiger partial charge in [-0.1, -0.05) is 30.4 Å². The second kappa shape index (κ2) is 12.2. The molecule has 0 fully saturated rings. The van der Waals surface area contributed by atoms with Gasteiger partial charge in [-0.25, -0.2) is 0 Å². The van der Waals surface area contributed by atoms with Crippen molar-refractivity contribution >= 4 is 29.9 Å². The van der Waals surface area contributed by atoms with E-state index in [0.29, 0.717) is 28.4 Å². The van der Waals surface area contributed by atoms with E-state index in [1.54, 1.807) is 48.6 Å². The number of aliphatic hydroxyl groups excluding tert-OH is 1. The van der Waals surface area contributed by atoms with E-state index in [1.807, 2.05) is 0 Å². The number of carbonyl (C=O) groups excluding carboxylic acids is 3. The Balaban J connectivity index is 1.99. The van der Waals surface area contributed by atoms with E-state index in [-0.39, 0.29) is 18.0 Å². The molecule has 1 atom stereocenters. The van der Waals surface area contributed by atoms with Crippen LogP contribution in [0.15, 0.2) is 48.6 Å². The van der Waals surface area contributed by atoms with Gasteiger partial charge in [0.2, 0.25) is 0 Å². The SMILES string of the molecule is COc1cc(/C=C/C(=O)CC(O)/C=C/c2ccc(OC(C)=O)c(OC)c2)ccc1OC(C)=O. The first-order chi connectivity index (χ1) is 15.7. The molecule has 0 heterocycles. The number of ketones is 1. The zero-order chi connectivity index (χ0) is 24.4. The minimum atomic E-state index is -0.998. The molecule has 174 valence electrons. The maximum atomic E-state index is 12.2. The van der Waals surface area contributed by atoms with Gasteiger partial charge in [0, 0.05) is 20.3 Å². The van der Waals surface area contributed by atoms with Crippen molar-refractivity contribution in [1.29, 1.82) is 0 Å². The number of aliphatic hydroxyl groups is 1. The number of carbonyl (C=O) groups is 3. The van der Waals surface area contributed by atoms with Crippen molar-refractivity contribution in [3.05, 3.63) is 59.7 Å². The zero-order valence-electron chi connectivity index (χ0n) is 18.9. The van der Waals surface area contributed by atoms with Gasteiger partial charge in [0.15, 0.2) is 28.8 Å². The first-order valence-electron chi connectivity index (χ1n) is 10.0. The molecule has 0 aliphatic heterocycles. The summed E-state index contributed by atoms with van der Waals surface area (Å²) in [5, 5.41) is 10.2. The molecule has 1 unspecified atom stereocenters. The van der Waals surface area contributed by atoms with E-state index in [4.69, 9.17) is 18.9 Å². The van der Waals surface area contributed by atoms with E-state index >= 15 is 0 Å². The largest absolute Gasteiger partial charge is 0.493 e. The molecule has 2 rings (SSSR count). The van der Waals surface area contributed by atoms with Gasteiger partial charge in [-0.15, -0.1) is 0 Å². The van der Waals surface area contributed by atoms with Gasteiger partial charge < -0.3 is 24.1 Å². The lowest BCUT2D eigenvalue weighted by atomic mass is 10.1. The van der Waals surface area contributed by atoms with Crippen molar-refractivity contribution in [2.75, 3.05) is 14.2 Å². The Morgan fingerprint density at radius 2 is 1.30 bits per heavy atom. The number of rotatable bonds is 10. The lowest BCUT2D eigenvalue weighted by molar-refractivity contribution is -0.132. The molecule has 0 radical (unpaired) electrons. The summed E-state index contributed by atoms with van der Waals surface area (Å²) in [4.78, 5) is 34.5. The van der Waals surface area contributed by atoms with Crippen LogP contribution >= 0.6 is 0 Å². The van der Waals surface area contributed by atoms with Crippen LogP contribution in [-0.2, 0) is 14.4 Å². The molecule has 2 aromatic carbocycles. The number of ether oxygens (including phenoxy) is 4. The van der Waals surface area contributed by atoms with Gasteiger partial charge in [0.1, 0.15) is 0 Å². The molecule has 0 spiro atoms. The molecule has 1 N–H and O–H groups in total. The number of allylic oxidation sites excluding steroid dienone is 1. The van der Waals surface area contributed by atoms with Crippen LogP contribution in [0.5, 0.6) is 23.0 Å². The van der Waals surface area contributed by atoms with E-state index in [2.05, 4.69) is 0 Å². The summed E-state index contributed by atoms with van der Waals surface area (Å²) < 4.78 is 20.5. The Kier molecular flexibility index (Phi) is 9.38. The van der Waals surface area contributed by atoms with Gasteiger partial charge in [-0.2, -0.15) is 0 Å². The first kappa shape index (κ1) is 25.4. The maximum Gasteiger partial charge on any atom is 0.308 e. The molecule has 2 aromatic rings.